The Kier molecular flexibility index (Phi) is 4.12. The van der Waals surface area contributed by atoms with E-state index in [0.29, 0.717) is 12.3 Å². The molecule has 0 radical (unpaired) electrons. The molecule has 0 aliphatic carbocycles. The number of aromatic hydroxyl groups is 1. The number of hydrogen-bond acceptors (Lipinski definition) is 2. The topological polar surface area (TPSA) is 46.2 Å². The van der Waals surface area contributed by atoms with Crippen molar-refractivity contribution in [1.29, 1.82) is 0 Å². The Morgan fingerprint density at radius 2 is 1.56 bits per heavy atom. The average molecular weight is 249 g/mol. The van der Waals surface area contributed by atoms with Gasteiger partial charge in [-0.15, -0.1) is 0 Å². The molecule has 3 N–H and O–H groups in total. The lowest BCUT2D eigenvalue weighted by Gasteiger charge is -2.28. The summed E-state index contributed by atoms with van der Waals surface area (Å²) in [4.78, 5) is 0. The van der Waals surface area contributed by atoms with Gasteiger partial charge in [-0.1, -0.05) is 47.6 Å². The maximum absolute atomic E-state index is 10.3. The van der Waals surface area contributed by atoms with Crippen LogP contribution < -0.4 is 5.73 Å². The molecule has 0 unspecified atom stereocenters. The predicted molar refractivity (Wildman–Crippen MR) is 78.3 cm³/mol. The van der Waals surface area contributed by atoms with E-state index in [1.54, 1.807) is 0 Å². The summed E-state index contributed by atoms with van der Waals surface area (Å²) in [5.41, 5.74) is 9.09. The third kappa shape index (κ3) is 3.26. The van der Waals surface area contributed by atoms with Crippen LogP contribution in [-0.2, 0) is 17.3 Å². The van der Waals surface area contributed by atoms with Gasteiger partial charge in [0.2, 0.25) is 0 Å². The van der Waals surface area contributed by atoms with Gasteiger partial charge in [0.25, 0.3) is 0 Å². The van der Waals surface area contributed by atoms with E-state index >= 15 is 0 Å². The fourth-order valence-corrected chi connectivity index (χ4v) is 2.17. The molecule has 2 heteroatoms. The van der Waals surface area contributed by atoms with Crippen LogP contribution in [0.3, 0.4) is 0 Å². The molecule has 1 rings (SSSR count). The van der Waals surface area contributed by atoms with Crippen molar-refractivity contribution in [1.82, 2.24) is 0 Å². The van der Waals surface area contributed by atoms with Crippen LogP contribution in [0.15, 0.2) is 12.1 Å². The van der Waals surface area contributed by atoms with Gasteiger partial charge >= 0.3 is 0 Å². The van der Waals surface area contributed by atoms with Gasteiger partial charge in [0.05, 0.1) is 0 Å². The molecule has 1 aromatic rings. The van der Waals surface area contributed by atoms with Gasteiger partial charge in [-0.25, -0.2) is 0 Å². The molecule has 0 aliphatic rings. The van der Waals surface area contributed by atoms with Crippen LogP contribution in [0.25, 0.3) is 0 Å². The molecule has 0 amide bonds. The summed E-state index contributed by atoms with van der Waals surface area (Å²) in [6, 6.07) is 4.12. The molecule has 2 nitrogen and oxygen atoms in total. The number of benzene rings is 1. The van der Waals surface area contributed by atoms with Gasteiger partial charge in [-0.2, -0.15) is 0 Å². The van der Waals surface area contributed by atoms with Crippen molar-refractivity contribution in [3.63, 3.8) is 0 Å². The minimum Gasteiger partial charge on any atom is -0.508 e. The number of phenolic OH excluding ortho intramolecular Hbond substituents is 1. The van der Waals surface area contributed by atoms with E-state index in [1.165, 1.54) is 11.1 Å². The Morgan fingerprint density at radius 3 is 1.94 bits per heavy atom. The highest BCUT2D eigenvalue weighted by molar-refractivity contribution is 5.48. The molecule has 0 atom stereocenters. The smallest absolute Gasteiger partial charge is 0.119 e. The van der Waals surface area contributed by atoms with E-state index in [0.717, 1.165) is 12.0 Å². The Morgan fingerprint density at radius 1 is 1.00 bits per heavy atom. The van der Waals surface area contributed by atoms with Gasteiger partial charge in [0, 0.05) is 0 Å². The minimum atomic E-state index is 0.0171. The Hall–Kier alpha value is -1.02. The van der Waals surface area contributed by atoms with Gasteiger partial charge in [-0.05, 0) is 46.6 Å². The molecule has 0 fully saturated rings. The standard InChI is InChI=1S/C16H27NO/c1-15(2,3)11-9-13(16(4,5)6)12(7-8-17)14(18)10-11/h9-10,18H,7-8,17H2,1-6H3. The third-order valence-corrected chi connectivity index (χ3v) is 3.29. The molecular formula is C16H27NO. The van der Waals surface area contributed by atoms with Crippen molar-refractivity contribution in [2.45, 2.75) is 58.8 Å². The van der Waals surface area contributed by atoms with E-state index in [9.17, 15) is 5.11 Å². The van der Waals surface area contributed by atoms with Crippen molar-refractivity contribution in [3.05, 3.63) is 28.8 Å². The molecule has 0 aliphatic heterocycles. The zero-order valence-corrected chi connectivity index (χ0v) is 12.6. The molecule has 0 spiro atoms. The second-order valence-corrected chi connectivity index (χ2v) is 7.06. The largest absolute Gasteiger partial charge is 0.508 e. The maximum atomic E-state index is 10.3. The summed E-state index contributed by atoms with van der Waals surface area (Å²) in [6.45, 7) is 13.6. The van der Waals surface area contributed by atoms with Crippen LogP contribution in [-0.4, -0.2) is 11.7 Å². The van der Waals surface area contributed by atoms with E-state index in [2.05, 4.69) is 47.6 Å². The zero-order chi connectivity index (χ0) is 14.1. The first-order chi connectivity index (χ1) is 8.07. The minimum absolute atomic E-state index is 0.0171. The maximum Gasteiger partial charge on any atom is 0.119 e. The molecule has 0 heterocycles. The summed E-state index contributed by atoms with van der Waals surface area (Å²) in [5, 5.41) is 10.3. The first-order valence-electron chi connectivity index (χ1n) is 6.64. The molecule has 0 bridgehead atoms. The highest BCUT2D eigenvalue weighted by Gasteiger charge is 2.24. The quantitative estimate of drug-likeness (QED) is 0.843. The summed E-state index contributed by atoms with van der Waals surface area (Å²) in [6.07, 6.45) is 0.725. The Bertz CT molecular complexity index is 422. The van der Waals surface area contributed by atoms with E-state index in [1.807, 2.05) is 6.07 Å². The van der Waals surface area contributed by atoms with Crippen molar-refractivity contribution >= 4 is 0 Å². The average Bonchev–Trinajstić information content (AvgIpc) is 2.17. The van der Waals surface area contributed by atoms with Crippen molar-refractivity contribution in [2.75, 3.05) is 6.54 Å². The van der Waals surface area contributed by atoms with Crippen molar-refractivity contribution < 1.29 is 5.11 Å². The fourth-order valence-electron chi connectivity index (χ4n) is 2.17. The highest BCUT2D eigenvalue weighted by Crippen LogP contribution is 2.36. The normalized spacial score (nSPS) is 12.8. The fraction of sp³-hybridized carbons (Fsp3) is 0.625. The first-order valence-corrected chi connectivity index (χ1v) is 6.64. The van der Waals surface area contributed by atoms with Crippen molar-refractivity contribution in [2.24, 2.45) is 5.73 Å². The van der Waals surface area contributed by atoms with Crippen LogP contribution in [0.1, 0.15) is 58.2 Å². The van der Waals surface area contributed by atoms with Crippen molar-refractivity contribution in [3.8, 4) is 5.75 Å². The molecule has 18 heavy (non-hydrogen) atoms. The second-order valence-electron chi connectivity index (χ2n) is 7.06. The molecule has 1 aromatic carbocycles. The van der Waals surface area contributed by atoms with Crippen LogP contribution >= 0.6 is 0 Å². The molecule has 102 valence electrons. The van der Waals surface area contributed by atoms with Gasteiger partial charge in [0.1, 0.15) is 5.75 Å². The summed E-state index contributed by atoms with van der Waals surface area (Å²) in [5.74, 6) is 0.387. The van der Waals surface area contributed by atoms with E-state index in [4.69, 9.17) is 5.73 Å². The van der Waals surface area contributed by atoms with Crippen LogP contribution in [0, 0.1) is 0 Å². The lowest BCUT2D eigenvalue weighted by Crippen LogP contribution is -2.19. The second kappa shape index (κ2) is 4.93. The van der Waals surface area contributed by atoms with Gasteiger partial charge < -0.3 is 10.8 Å². The third-order valence-electron chi connectivity index (χ3n) is 3.29. The highest BCUT2D eigenvalue weighted by atomic mass is 16.3. The molecular weight excluding hydrogens is 222 g/mol. The molecule has 0 saturated heterocycles. The number of nitrogens with two attached hydrogens (primary N) is 1. The summed E-state index contributed by atoms with van der Waals surface area (Å²) >= 11 is 0. The van der Waals surface area contributed by atoms with Crippen LogP contribution in [0.5, 0.6) is 5.75 Å². The summed E-state index contributed by atoms with van der Waals surface area (Å²) < 4.78 is 0. The van der Waals surface area contributed by atoms with Gasteiger partial charge in [-0.3, -0.25) is 0 Å². The molecule has 0 aromatic heterocycles. The van der Waals surface area contributed by atoms with E-state index in [-0.39, 0.29) is 10.8 Å². The van der Waals surface area contributed by atoms with Crippen LogP contribution in [0.4, 0.5) is 0 Å². The number of phenols is 1. The monoisotopic (exact) mass is 249 g/mol. The predicted octanol–water partition coefficient (Wildman–Crippen LogP) is 3.49. The lowest BCUT2D eigenvalue weighted by molar-refractivity contribution is 0.456. The van der Waals surface area contributed by atoms with E-state index < -0.39 is 0 Å². The first kappa shape index (κ1) is 15.0. The zero-order valence-electron chi connectivity index (χ0n) is 12.6. The Balaban J connectivity index is 3.47. The Labute approximate surface area is 111 Å². The van der Waals surface area contributed by atoms with Crippen LogP contribution in [0.2, 0.25) is 0 Å². The lowest BCUT2D eigenvalue weighted by atomic mass is 9.77. The number of rotatable bonds is 2. The number of hydrogen-bond donors (Lipinski definition) is 2. The SMILES string of the molecule is CC(C)(C)c1cc(O)c(CCN)c(C(C)(C)C)c1. The molecule has 0 saturated carbocycles. The summed E-state index contributed by atoms with van der Waals surface area (Å²) in [7, 11) is 0. The van der Waals surface area contributed by atoms with Gasteiger partial charge in [0.15, 0.2) is 0 Å².